The van der Waals surface area contributed by atoms with Gasteiger partial charge in [-0.25, -0.2) is 10.2 Å². The molecular formula is C13H18Cl2N2O2. The molecule has 0 spiro atoms. The SMILES string of the molecule is C[C@@H](NNC(=O)OC(C)(C)C)c1ccc(Cl)cc1Cl. The maximum Gasteiger partial charge on any atom is 0.422 e. The normalized spacial score (nSPS) is 12.9. The topological polar surface area (TPSA) is 50.4 Å². The number of halogens is 2. The third-order valence-electron chi connectivity index (χ3n) is 2.22. The first kappa shape index (κ1) is 16.1. The molecule has 6 heteroatoms. The third kappa shape index (κ3) is 5.68. The van der Waals surface area contributed by atoms with Gasteiger partial charge in [-0.1, -0.05) is 29.3 Å². The van der Waals surface area contributed by atoms with E-state index in [-0.39, 0.29) is 6.04 Å². The molecule has 106 valence electrons. The van der Waals surface area contributed by atoms with Crippen LogP contribution in [0.5, 0.6) is 0 Å². The van der Waals surface area contributed by atoms with E-state index in [4.69, 9.17) is 27.9 Å². The maximum atomic E-state index is 11.5. The molecular weight excluding hydrogens is 287 g/mol. The molecule has 0 bridgehead atoms. The molecule has 2 N–H and O–H groups in total. The van der Waals surface area contributed by atoms with Gasteiger partial charge in [0.2, 0.25) is 0 Å². The molecule has 0 unspecified atom stereocenters. The summed E-state index contributed by atoms with van der Waals surface area (Å²) in [6.07, 6.45) is -0.538. The summed E-state index contributed by atoms with van der Waals surface area (Å²) in [6, 6.07) is 5.04. The predicted octanol–water partition coefficient (Wildman–Crippen LogP) is 4.08. The molecule has 1 rings (SSSR count). The maximum absolute atomic E-state index is 11.5. The van der Waals surface area contributed by atoms with Crippen molar-refractivity contribution in [3.8, 4) is 0 Å². The molecule has 1 aromatic carbocycles. The van der Waals surface area contributed by atoms with Crippen molar-refractivity contribution in [2.45, 2.75) is 39.3 Å². The first-order chi connectivity index (χ1) is 8.69. The zero-order chi connectivity index (χ0) is 14.6. The Morgan fingerprint density at radius 1 is 1.32 bits per heavy atom. The van der Waals surface area contributed by atoms with Crippen molar-refractivity contribution < 1.29 is 9.53 Å². The Morgan fingerprint density at radius 3 is 2.47 bits per heavy atom. The molecule has 0 aliphatic heterocycles. The van der Waals surface area contributed by atoms with E-state index in [1.807, 2.05) is 6.92 Å². The lowest BCUT2D eigenvalue weighted by atomic mass is 10.1. The number of hydrazine groups is 1. The van der Waals surface area contributed by atoms with Gasteiger partial charge in [-0.3, -0.25) is 5.43 Å². The Morgan fingerprint density at radius 2 is 1.95 bits per heavy atom. The zero-order valence-electron chi connectivity index (χ0n) is 11.4. The van der Waals surface area contributed by atoms with Crippen LogP contribution in [0, 0.1) is 0 Å². The highest BCUT2D eigenvalue weighted by molar-refractivity contribution is 6.35. The van der Waals surface area contributed by atoms with Gasteiger partial charge in [0.15, 0.2) is 0 Å². The van der Waals surface area contributed by atoms with Gasteiger partial charge in [-0.15, -0.1) is 0 Å². The fourth-order valence-corrected chi connectivity index (χ4v) is 1.97. The lowest BCUT2D eigenvalue weighted by Crippen LogP contribution is -2.42. The molecule has 0 aliphatic carbocycles. The summed E-state index contributed by atoms with van der Waals surface area (Å²) in [5.41, 5.74) is 5.61. The van der Waals surface area contributed by atoms with Crippen LogP contribution in [0.1, 0.15) is 39.3 Å². The van der Waals surface area contributed by atoms with E-state index in [1.54, 1.807) is 39.0 Å². The van der Waals surface area contributed by atoms with Crippen molar-refractivity contribution in [1.29, 1.82) is 0 Å². The second-order valence-electron chi connectivity index (χ2n) is 5.16. The fraction of sp³-hybridized carbons (Fsp3) is 0.462. The second kappa shape index (κ2) is 6.46. The molecule has 1 aromatic rings. The van der Waals surface area contributed by atoms with Gasteiger partial charge in [0.25, 0.3) is 0 Å². The van der Waals surface area contributed by atoms with Crippen LogP contribution in [-0.4, -0.2) is 11.7 Å². The summed E-state index contributed by atoms with van der Waals surface area (Å²) < 4.78 is 5.11. The van der Waals surface area contributed by atoms with E-state index in [1.165, 1.54) is 0 Å². The Hall–Kier alpha value is -0.970. The molecule has 0 radical (unpaired) electrons. The number of nitrogens with one attached hydrogen (secondary N) is 2. The van der Waals surface area contributed by atoms with Gasteiger partial charge in [0.1, 0.15) is 5.60 Å². The van der Waals surface area contributed by atoms with Crippen molar-refractivity contribution in [3.05, 3.63) is 33.8 Å². The summed E-state index contributed by atoms with van der Waals surface area (Å²) >= 11 is 11.9. The quantitative estimate of drug-likeness (QED) is 0.827. The highest BCUT2D eigenvalue weighted by atomic mass is 35.5. The molecule has 1 atom stereocenters. The highest BCUT2D eigenvalue weighted by Gasteiger charge is 2.17. The van der Waals surface area contributed by atoms with Crippen LogP contribution in [0.2, 0.25) is 10.0 Å². The summed E-state index contributed by atoms with van der Waals surface area (Å²) in [5, 5.41) is 1.11. The average molecular weight is 305 g/mol. The Bertz CT molecular complexity index is 458. The Labute approximate surface area is 123 Å². The number of benzene rings is 1. The van der Waals surface area contributed by atoms with Gasteiger partial charge >= 0.3 is 6.09 Å². The third-order valence-corrected chi connectivity index (χ3v) is 2.78. The highest BCUT2D eigenvalue weighted by Crippen LogP contribution is 2.25. The zero-order valence-corrected chi connectivity index (χ0v) is 12.9. The molecule has 0 fully saturated rings. The van der Waals surface area contributed by atoms with Crippen LogP contribution in [-0.2, 0) is 4.74 Å². The first-order valence-corrected chi connectivity index (χ1v) is 6.64. The van der Waals surface area contributed by atoms with Crippen molar-refractivity contribution in [2.24, 2.45) is 0 Å². The molecule has 19 heavy (non-hydrogen) atoms. The lowest BCUT2D eigenvalue weighted by Gasteiger charge is -2.21. The van der Waals surface area contributed by atoms with Crippen LogP contribution in [0.15, 0.2) is 18.2 Å². The minimum absolute atomic E-state index is 0.169. The average Bonchev–Trinajstić information content (AvgIpc) is 2.23. The standard InChI is InChI=1S/C13H18Cl2N2O2/c1-8(10-6-5-9(14)7-11(10)15)16-17-12(18)19-13(2,3)4/h5-8,16H,1-4H3,(H,17,18)/t8-/m1/s1. The molecule has 0 heterocycles. The minimum atomic E-state index is -0.538. The monoisotopic (exact) mass is 304 g/mol. The lowest BCUT2D eigenvalue weighted by molar-refractivity contribution is 0.0489. The van der Waals surface area contributed by atoms with E-state index in [2.05, 4.69) is 10.9 Å². The second-order valence-corrected chi connectivity index (χ2v) is 6.00. The van der Waals surface area contributed by atoms with Crippen LogP contribution >= 0.6 is 23.2 Å². The van der Waals surface area contributed by atoms with Crippen molar-refractivity contribution in [1.82, 2.24) is 10.9 Å². The van der Waals surface area contributed by atoms with E-state index in [0.717, 1.165) is 5.56 Å². The van der Waals surface area contributed by atoms with Crippen LogP contribution in [0.3, 0.4) is 0 Å². The number of hydrogen-bond donors (Lipinski definition) is 2. The molecule has 0 saturated heterocycles. The van der Waals surface area contributed by atoms with Crippen molar-refractivity contribution >= 4 is 29.3 Å². The predicted molar refractivity (Wildman–Crippen MR) is 77.4 cm³/mol. The van der Waals surface area contributed by atoms with Crippen LogP contribution in [0.4, 0.5) is 4.79 Å². The molecule has 0 saturated carbocycles. The smallest absolute Gasteiger partial charge is 0.422 e. The number of ether oxygens (including phenoxy) is 1. The van der Waals surface area contributed by atoms with Crippen LogP contribution in [0.25, 0.3) is 0 Å². The first-order valence-electron chi connectivity index (χ1n) is 5.88. The number of carbonyl (C=O) groups is 1. The number of amides is 1. The van der Waals surface area contributed by atoms with Crippen molar-refractivity contribution in [3.63, 3.8) is 0 Å². The number of rotatable bonds is 3. The number of carbonyl (C=O) groups excluding carboxylic acids is 1. The van der Waals surface area contributed by atoms with E-state index in [9.17, 15) is 4.79 Å². The summed E-state index contributed by atoms with van der Waals surface area (Å²) in [5.74, 6) is 0. The van der Waals surface area contributed by atoms with Gasteiger partial charge in [0.05, 0.1) is 0 Å². The number of hydrogen-bond acceptors (Lipinski definition) is 3. The largest absolute Gasteiger partial charge is 0.443 e. The molecule has 0 aliphatic rings. The minimum Gasteiger partial charge on any atom is -0.443 e. The van der Waals surface area contributed by atoms with Crippen LogP contribution < -0.4 is 10.9 Å². The Balaban J connectivity index is 2.56. The summed E-state index contributed by atoms with van der Waals surface area (Å²) in [6.45, 7) is 7.26. The summed E-state index contributed by atoms with van der Waals surface area (Å²) in [4.78, 5) is 11.5. The van der Waals surface area contributed by atoms with Gasteiger partial charge in [0, 0.05) is 16.1 Å². The summed E-state index contributed by atoms with van der Waals surface area (Å²) in [7, 11) is 0. The molecule has 4 nitrogen and oxygen atoms in total. The molecule has 1 amide bonds. The van der Waals surface area contributed by atoms with Gasteiger partial charge < -0.3 is 4.74 Å². The van der Waals surface area contributed by atoms with Gasteiger partial charge in [-0.05, 0) is 45.4 Å². The van der Waals surface area contributed by atoms with E-state index in [0.29, 0.717) is 10.0 Å². The Kier molecular flexibility index (Phi) is 5.47. The van der Waals surface area contributed by atoms with Gasteiger partial charge in [-0.2, -0.15) is 0 Å². The van der Waals surface area contributed by atoms with E-state index >= 15 is 0 Å². The fourth-order valence-electron chi connectivity index (χ4n) is 1.40. The van der Waals surface area contributed by atoms with E-state index < -0.39 is 11.7 Å². The van der Waals surface area contributed by atoms with Crippen molar-refractivity contribution in [2.75, 3.05) is 0 Å². The molecule has 0 aromatic heterocycles.